The minimum absolute atomic E-state index is 0.313. The molecule has 0 aliphatic carbocycles. The van der Waals surface area contributed by atoms with Gasteiger partial charge in [0.25, 0.3) is 0 Å². The molecule has 0 aliphatic rings. The summed E-state index contributed by atoms with van der Waals surface area (Å²) in [6.07, 6.45) is 2.58. The summed E-state index contributed by atoms with van der Waals surface area (Å²) in [5, 5.41) is 8.59. The number of aliphatic carboxylic acids is 1. The van der Waals surface area contributed by atoms with Crippen LogP contribution < -0.4 is 10.5 Å². The maximum atomic E-state index is 11.8. The van der Waals surface area contributed by atoms with Crippen molar-refractivity contribution >= 4 is 23.1 Å². The van der Waals surface area contributed by atoms with Crippen LogP contribution in [0, 0.1) is 0 Å². The molecule has 0 spiro atoms. The highest BCUT2D eigenvalue weighted by Gasteiger charge is 2.08. The zero-order chi connectivity index (χ0) is 16.9. The van der Waals surface area contributed by atoms with Crippen LogP contribution in [0.15, 0.2) is 63.8 Å². The molecule has 1 heterocycles. The molecule has 6 nitrogen and oxygen atoms in total. The van der Waals surface area contributed by atoms with Crippen molar-refractivity contribution in [2.24, 2.45) is 0 Å². The van der Waals surface area contributed by atoms with Gasteiger partial charge in [-0.3, -0.25) is 4.57 Å². The summed E-state index contributed by atoms with van der Waals surface area (Å²) in [5.74, 6) is -0.759. The average Bonchev–Trinajstić information content (AvgIpc) is 2.90. The SMILES string of the molecule is O=C(O)/C=C/c1ccc(OCCn2c(=O)oc3ccccc32)cc1. The number of para-hydroxylation sites is 2. The quantitative estimate of drug-likeness (QED) is 0.705. The van der Waals surface area contributed by atoms with Crippen LogP contribution in [0.3, 0.4) is 0 Å². The first-order valence-corrected chi connectivity index (χ1v) is 7.36. The number of aromatic nitrogens is 1. The van der Waals surface area contributed by atoms with E-state index in [9.17, 15) is 9.59 Å². The Kier molecular flexibility index (Phi) is 4.47. The number of carbonyl (C=O) groups is 1. The van der Waals surface area contributed by atoms with Gasteiger partial charge in [0, 0.05) is 6.08 Å². The highest BCUT2D eigenvalue weighted by atomic mass is 16.5. The Labute approximate surface area is 137 Å². The number of oxazole rings is 1. The Bertz CT molecular complexity index is 934. The van der Waals surface area contributed by atoms with E-state index in [0.29, 0.717) is 24.5 Å². The number of ether oxygens (including phenoxy) is 1. The van der Waals surface area contributed by atoms with Gasteiger partial charge in [-0.2, -0.15) is 0 Å². The normalized spacial score (nSPS) is 11.2. The molecule has 0 aliphatic heterocycles. The third-order valence-electron chi connectivity index (χ3n) is 3.46. The summed E-state index contributed by atoms with van der Waals surface area (Å²) in [6.45, 7) is 0.685. The fraction of sp³-hybridized carbons (Fsp3) is 0.111. The van der Waals surface area contributed by atoms with E-state index in [1.54, 1.807) is 30.3 Å². The highest BCUT2D eigenvalue weighted by molar-refractivity contribution is 5.85. The number of fused-ring (bicyclic) bond motifs is 1. The molecule has 0 unspecified atom stereocenters. The van der Waals surface area contributed by atoms with E-state index in [1.807, 2.05) is 18.2 Å². The number of carboxylic acid groups (broad SMARTS) is 1. The van der Waals surface area contributed by atoms with Crippen LogP contribution in [0.4, 0.5) is 0 Å². The lowest BCUT2D eigenvalue weighted by atomic mass is 10.2. The predicted molar refractivity (Wildman–Crippen MR) is 89.1 cm³/mol. The Morgan fingerprint density at radius 1 is 1.17 bits per heavy atom. The fourth-order valence-electron chi connectivity index (χ4n) is 2.32. The number of hydrogen-bond donors (Lipinski definition) is 1. The van der Waals surface area contributed by atoms with Crippen molar-refractivity contribution in [3.05, 3.63) is 70.7 Å². The zero-order valence-electron chi connectivity index (χ0n) is 12.7. The van der Waals surface area contributed by atoms with Crippen molar-refractivity contribution < 1.29 is 19.1 Å². The van der Waals surface area contributed by atoms with Crippen molar-refractivity contribution in [3.8, 4) is 5.75 Å². The molecule has 0 saturated heterocycles. The van der Waals surface area contributed by atoms with Gasteiger partial charge in [0.2, 0.25) is 0 Å². The summed E-state index contributed by atoms with van der Waals surface area (Å²) in [4.78, 5) is 22.3. The summed E-state index contributed by atoms with van der Waals surface area (Å²) in [6, 6.07) is 14.2. The molecule has 0 amide bonds. The lowest BCUT2D eigenvalue weighted by molar-refractivity contribution is -0.131. The van der Waals surface area contributed by atoms with E-state index in [1.165, 1.54) is 10.6 Å². The molecule has 0 radical (unpaired) electrons. The average molecular weight is 325 g/mol. The van der Waals surface area contributed by atoms with Gasteiger partial charge < -0.3 is 14.3 Å². The molecule has 3 rings (SSSR count). The third kappa shape index (κ3) is 3.55. The molecular weight excluding hydrogens is 310 g/mol. The smallest absolute Gasteiger partial charge is 0.420 e. The first-order valence-electron chi connectivity index (χ1n) is 7.36. The molecule has 24 heavy (non-hydrogen) atoms. The van der Waals surface area contributed by atoms with Crippen LogP contribution in [-0.4, -0.2) is 22.2 Å². The Morgan fingerprint density at radius 2 is 1.92 bits per heavy atom. The number of benzene rings is 2. The number of rotatable bonds is 6. The third-order valence-corrected chi connectivity index (χ3v) is 3.46. The van der Waals surface area contributed by atoms with E-state index in [4.69, 9.17) is 14.3 Å². The summed E-state index contributed by atoms with van der Waals surface area (Å²) in [7, 11) is 0. The van der Waals surface area contributed by atoms with Gasteiger partial charge in [0.15, 0.2) is 5.58 Å². The van der Waals surface area contributed by atoms with Crippen molar-refractivity contribution in [1.82, 2.24) is 4.57 Å². The van der Waals surface area contributed by atoms with E-state index >= 15 is 0 Å². The largest absolute Gasteiger partial charge is 0.492 e. The topological polar surface area (TPSA) is 81.7 Å². The molecule has 3 aromatic rings. The summed E-state index contributed by atoms with van der Waals surface area (Å²) in [5.41, 5.74) is 2.05. The Morgan fingerprint density at radius 3 is 2.67 bits per heavy atom. The first-order chi connectivity index (χ1) is 11.6. The van der Waals surface area contributed by atoms with Crippen LogP contribution in [0.2, 0.25) is 0 Å². The van der Waals surface area contributed by atoms with E-state index in [2.05, 4.69) is 0 Å². The molecule has 0 saturated carbocycles. The van der Waals surface area contributed by atoms with Gasteiger partial charge in [0.05, 0.1) is 12.1 Å². The standard InChI is InChI=1S/C18H15NO5/c20-17(21)10-7-13-5-8-14(9-6-13)23-12-11-19-15-3-1-2-4-16(15)24-18(19)22/h1-10H,11-12H2,(H,20,21)/b10-7+. The monoisotopic (exact) mass is 325 g/mol. The van der Waals surface area contributed by atoms with Crippen LogP contribution in [0.5, 0.6) is 5.75 Å². The molecule has 0 atom stereocenters. The van der Waals surface area contributed by atoms with Crippen LogP contribution in [0.1, 0.15) is 5.56 Å². The molecular formula is C18H15NO5. The summed E-state index contributed by atoms with van der Waals surface area (Å²) < 4.78 is 12.3. The number of hydrogen-bond acceptors (Lipinski definition) is 4. The lowest BCUT2D eigenvalue weighted by Gasteiger charge is -2.07. The molecule has 0 fully saturated rings. The van der Waals surface area contributed by atoms with Gasteiger partial charge in [0.1, 0.15) is 12.4 Å². The van der Waals surface area contributed by atoms with Crippen LogP contribution in [-0.2, 0) is 11.3 Å². The second-order valence-electron chi connectivity index (χ2n) is 5.08. The molecule has 122 valence electrons. The minimum atomic E-state index is -0.992. The number of nitrogens with zero attached hydrogens (tertiary/aromatic N) is 1. The second-order valence-corrected chi connectivity index (χ2v) is 5.08. The zero-order valence-corrected chi connectivity index (χ0v) is 12.7. The van der Waals surface area contributed by atoms with Gasteiger partial charge in [-0.05, 0) is 35.9 Å². The Hall–Kier alpha value is -3.28. The van der Waals surface area contributed by atoms with Gasteiger partial charge in [-0.15, -0.1) is 0 Å². The second kappa shape index (κ2) is 6.87. The van der Waals surface area contributed by atoms with Gasteiger partial charge >= 0.3 is 11.7 Å². The van der Waals surface area contributed by atoms with Crippen molar-refractivity contribution in [2.75, 3.05) is 6.61 Å². The molecule has 6 heteroatoms. The van der Waals surface area contributed by atoms with E-state index < -0.39 is 11.7 Å². The molecule has 1 N–H and O–H groups in total. The minimum Gasteiger partial charge on any atom is -0.492 e. The van der Waals surface area contributed by atoms with Crippen LogP contribution in [0.25, 0.3) is 17.2 Å². The number of carboxylic acids is 1. The fourth-order valence-corrected chi connectivity index (χ4v) is 2.32. The lowest BCUT2D eigenvalue weighted by Crippen LogP contribution is -2.18. The molecule has 0 bridgehead atoms. The molecule has 2 aromatic carbocycles. The van der Waals surface area contributed by atoms with Crippen molar-refractivity contribution in [3.63, 3.8) is 0 Å². The van der Waals surface area contributed by atoms with Crippen molar-refractivity contribution in [1.29, 1.82) is 0 Å². The van der Waals surface area contributed by atoms with Crippen molar-refractivity contribution in [2.45, 2.75) is 6.54 Å². The summed E-state index contributed by atoms with van der Waals surface area (Å²) >= 11 is 0. The highest BCUT2D eigenvalue weighted by Crippen LogP contribution is 2.14. The predicted octanol–water partition coefficient (Wildman–Crippen LogP) is 2.77. The first kappa shape index (κ1) is 15.6. The Balaban J connectivity index is 1.63. The van der Waals surface area contributed by atoms with E-state index in [0.717, 1.165) is 17.2 Å². The van der Waals surface area contributed by atoms with Crippen LogP contribution >= 0.6 is 0 Å². The van der Waals surface area contributed by atoms with Gasteiger partial charge in [-0.1, -0.05) is 24.3 Å². The molecule has 1 aromatic heterocycles. The maximum absolute atomic E-state index is 11.8. The maximum Gasteiger partial charge on any atom is 0.420 e. The van der Waals surface area contributed by atoms with E-state index in [-0.39, 0.29) is 0 Å². The van der Waals surface area contributed by atoms with Gasteiger partial charge in [-0.25, -0.2) is 9.59 Å².